The van der Waals surface area contributed by atoms with E-state index in [1.54, 1.807) is 36.4 Å². The van der Waals surface area contributed by atoms with Crippen molar-refractivity contribution in [1.82, 2.24) is 0 Å². The zero-order chi connectivity index (χ0) is 16.2. The SMILES string of the molecule is N=Nc1c(O)ccc2cc(CONc3ccccc3F)ccc12. The monoisotopic (exact) mass is 311 g/mol. The second kappa shape index (κ2) is 6.41. The summed E-state index contributed by atoms with van der Waals surface area (Å²) in [5.41, 5.74) is 11.1. The molecule has 3 aromatic carbocycles. The van der Waals surface area contributed by atoms with E-state index in [2.05, 4.69) is 10.6 Å². The van der Waals surface area contributed by atoms with Crippen molar-refractivity contribution >= 4 is 22.1 Å². The van der Waals surface area contributed by atoms with Crippen molar-refractivity contribution < 1.29 is 14.3 Å². The average Bonchev–Trinajstić information content (AvgIpc) is 2.56. The van der Waals surface area contributed by atoms with Gasteiger partial charge in [-0.2, -0.15) is 5.11 Å². The molecule has 23 heavy (non-hydrogen) atoms. The maximum atomic E-state index is 13.5. The fraction of sp³-hybridized carbons (Fsp3) is 0.0588. The van der Waals surface area contributed by atoms with Gasteiger partial charge in [0.05, 0.1) is 12.3 Å². The quantitative estimate of drug-likeness (QED) is 0.463. The predicted molar refractivity (Wildman–Crippen MR) is 85.2 cm³/mol. The summed E-state index contributed by atoms with van der Waals surface area (Å²) in [6.07, 6.45) is 0. The van der Waals surface area contributed by atoms with E-state index in [1.165, 1.54) is 12.1 Å². The highest BCUT2D eigenvalue weighted by Gasteiger charge is 2.07. The summed E-state index contributed by atoms with van der Waals surface area (Å²) in [7, 11) is 0. The number of phenols is 1. The standard InChI is InChI=1S/C17H14FN3O2/c18-14-3-1-2-4-15(14)21-23-10-11-5-7-13-12(9-11)6-8-16(22)17(13)20-19/h1-9,19,21-22H,10H2. The maximum Gasteiger partial charge on any atom is 0.148 e. The Kier molecular flexibility index (Phi) is 4.16. The highest BCUT2D eigenvalue weighted by Crippen LogP contribution is 2.35. The van der Waals surface area contributed by atoms with Gasteiger partial charge in [0.25, 0.3) is 0 Å². The summed E-state index contributed by atoms with van der Waals surface area (Å²) >= 11 is 0. The number of fused-ring (bicyclic) bond motifs is 1. The van der Waals surface area contributed by atoms with E-state index in [0.717, 1.165) is 10.9 Å². The lowest BCUT2D eigenvalue weighted by atomic mass is 10.1. The Morgan fingerprint density at radius 3 is 2.74 bits per heavy atom. The second-order valence-electron chi connectivity index (χ2n) is 4.97. The van der Waals surface area contributed by atoms with Gasteiger partial charge in [-0.1, -0.05) is 30.3 Å². The van der Waals surface area contributed by atoms with E-state index in [9.17, 15) is 9.50 Å². The number of hydrogen-bond donors (Lipinski definition) is 3. The minimum Gasteiger partial charge on any atom is -0.506 e. The molecule has 116 valence electrons. The molecule has 0 radical (unpaired) electrons. The third kappa shape index (κ3) is 3.12. The first-order valence-corrected chi connectivity index (χ1v) is 6.93. The molecule has 3 rings (SSSR count). The number of phenolic OH excluding ortho intramolecular Hbond substituents is 1. The Balaban J connectivity index is 1.75. The van der Waals surface area contributed by atoms with Gasteiger partial charge in [0.1, 0.15) is 17.3 Å². The van der Waals surface area contributed by atoms with Crippen molar-refractivity contribution in [3.8, 4) is 5.75 Å². The Hall–Kier alpha value is -2.99. The summed E-state index contributed by atoms with van der Waals surface area (Å²) in [5, 5.41) is 14.6. The molecule has 0 aromatic heterocycles. The molecule has 0 aliphatic heterocycles. The first-order chi connectivity index (χ1) is 11.2. The van der Waals surface area contributed by atoms with Gasteiger partial charge in [-0.05, 0) is 35.2 Å². The molecule has 0 aliphatic rings. The smallest absolute Gasteiger partial charge is 0.148 e. The summed E-state index contributed by atoms with van der Waals surface area (Å²) < 4.78 is 13.5. The number of hydrogen-bond acceptors (Lipinski definition) is 5. The number of rotatable bonds is 5. The van der Waals surface area contributed by atoms with Crippen LogP contribution in [0.3, 0.4) is 0 Å². The van der Waals surface area contributed by atoms with Gasteiger partial charge < -0.3 is 5.11 Å². The van der Waals surface area contributed by atoms with E-state index in [4.69, 9.17) is 10.4 Å². The van der Waals surface area contributed by atoms with E-state index in [0.29, 0.717) is 5.39 Å². The number of nitrogens with zero attached hydrogens (tertiary/aromatic N) is 1. The molecule has 3 aromatic rings. The molecule has 0 saturated carbocycles. The molecule has 0 aliphatic carbocycles. The van der Waals surface area contributed by atoms with Crippen LogP contribution in [0.25, 0.3) is 10.8 Å². The van der Waals surface area contributed by atoms with Crippen molar-refractivity contribution in [2.75, 3.05) is 5.48 Å². The van der Waals surface area contributed by atoms with Crippen LogP contribution >= 0.6 is 0 Å². The first kappa shape index (κ1) is 14.9. The molecule has 0 unspecified atom stereocenters. The molecule has 0 saturated heterocycles. The number of aromatic hydroxyl groups is 1. The molecular weight excluding hydrogens is 297 g/mol. The topological polar surface area (TPSA) is 77.7 Å². The van der Waals surface area contributed by atoms with Crippen molar-refractivity contribution in [2.24, 2.45) is 5.11 Å². The molecule has 0 amide bonds. The zero-order valence-electron chi connectivity index (χ0n) is 12.1. The molecule has 6 heteroatoms. The number of anilines is 1. The molecule has 0 spiro atoms. The van der Waals surface area contributed by atoms with Crippen LogP contribution in [0.4, 0.5) is 15.8 Å². The van der Waals surface area contributed by atoms with Gasteiger partial charge in [-0.25, -0.2) is 9.92 Å². The van der Waals surface area contributed by atoms with Crippen LogP contribution in [0.5, 0.6) is 5.75 Å². The third-order valence-electron chi connectivity index (χ3n) is 3.44. The van der Waals surface area contributed by atoms with Crippen molar-refractivity contribution in [3.05, 3.63) is 66.0 Å². The summed E-state index contributed by atoms with van der Waals surface area (Å²) in [4.78, 5) is 5.32. The van der Waals surface area contributed by atoms with Crippen LogP contribution < -0.4 is 5.48 Å². The first-order valence-electron chi connectivity index (χ1n) is 6.93. The van der Waals surface area contributed by atoms with Crippen molar-refractivity contribution in [1.29, 1.82) is 5.53 Å². The maximum absolute atomic E-state index is 13.5. The van der Waals surface area contributed by atoms with Crippen LogP contribution in [0, 0.1) is 11.3 Å². The fourth-order valence-corrected chi connectivity index (χ4v) is 2.30. The number of para-hydroxylation sites is 1. The van der Waals surface area contributed by atoms with Gasteiger partial charge >= 0.3 is 0 Å². The molecule has 0 heterocycles. The van der Waals surface area contributed by atoms with Gasteiger partial charge in [0, 0.05) is 5.39 Å². The largest absolute Gasteiger partial charge is 0.506 e. The van der Waals surface area contributed by atoms with Crippen molar-refractivity contribution in [3.63, 3.8) is 0 Å². The van der Waals surface area contributed by atoms with E-state index in [-0.39, 0.29) is 29.5 Å². The third-order valence-corrected chi connectivity index (χ3v) is 3.44. The van der Waals surface area contributed by atoms with Gasteiger partial charge in [-0.3, -0.25) is 10.3 Å². The van der Waals surface area contributed by atoms with Crippen LogP contribution in [0.1, 0.15) is 5.56 Å². The lowest BCUT2D eigenvalue weighted by Gasteiger charge is -2.09. The summed E-state index contributed by atoms with van der Waals surface area (Å²) in [6.45, 7) is 0.235. The minimum atomic E-state index is -0.386. The number of nitrogens with one attached hydrogen (secondary N) is 2. The van der Waals surface area contributed by atoms with Crippen LogP contribution in [-0.2, 0) is 11.4 Å². The van der Waals surface area contributed by atoms with Gasteiger partial charge in [0.15, 0.2) is 0 Å². The highest BCUT2D eigenvalue weighted by atomic mass is 19.1. The number of benzene rings is 3. The molecule has 3 N–H and O–H groups in total. The predicted octanol–water partition coefficient (Wildman–Crippen LogP) is 4.89. The zero-order valence-corrected chi connectivity index (χ0v) is 12.1. The summed E-state index contributed by atoms with van der Waals surface area (Å²) in [5.74, 6) is -0.416. The normalized spacial score (nSPS) is 10.7. The summed E-state index contributed by atoms with van der Waals surface area (Å²) in [6, 6.07) is 14.9. The molecular formula is C17H14FN3O2. The molecule has 0 atom stereocenters. The Labute approximate surface area is 131 Å². The minimum absolute atomic E-state index is 0.0299. The van der Waals surface area contributed by atoms with Crippen LogP contribution in [0.15, 0.2) is 59.7 Å². The number of halogens is 1. The average molecular weight is 311 g/mol. The molecule has 5 nitrogen and oxygen atoms in total. The fourth-order valence-electron chi connectivity index (χ4n) is 2.30. The Morgan fingerprint density at radius 2 is 1.96 bits per heavy atom. The molecule has 0 bridgehead atoms. The van der Waals surface area contributed by atoms with Crippen molar-refractivity contribution in [2.45, 2.75) is 6.61 Å². The van der Waals surface area contributed by atoms with Gasteiger partial charge in [-0.15, -0.1) is 0 Å². The second-order valence-corrected chi connectivity index (χ2v) is 4.97. The lowest BCUT2D eigenvalue weighted by molar-refractivity contribution is 0.179. The van der Waals surface area contributed by atoms with E-state index in [1.807, 2.05) is 6.07 Å². The van der Waals surface area contributed by atoms with Gasteiger partial charge in [0.2, 0.25) is 0 Å². The van der Waals surface area contributed by atoms with E-state index < -0.39 is 0 Å². The Morgan fingerprint density at radius 1 is 1.13 bits per heavy atom. The Bertz CT molecular complexity index is 868. The molecule has 0 fully saturated rings. The van der Waals surface area contributed by atoms with E-state index >= 15 is 0 Å². The van der Waals surface area contributed by atoms with Crippen LogP contribution in [-0.4, -0.2) is 5.11 Å². The van der Waals surface area contributed by atoms with Crippen LogP contribution in [0.2, 0.25) is 0 Å². The highest BCUT2D eigenvalue weighted by molar-refractivity contribution is 5.95. The lowest BCUT2D eigenvalue weighted by Crippen LogP contribution is -2.03.